The van der Waals surface area contributed by atoms with Gasteiger partial charge in [0, 0.05) is 12.1 Å². The lowest BCUT2D eigenvalue weighted by molar-refractivity contribution is -0.385. The number of nitrogens with one attached hydrogen (secondary N) is 1. The van der Waals surface area contributed by atoms with Crippen molar-refractivity contribution in [3.8, 4) is 11.5 Å². The Morgan fingerprint density at radius 3 is 2.45 bits per heavy atom. The van der Waals surface area contributed by atoms with E-state index in [1.807, 2.05) is 0 Å². The molecule has 10 nitrogen and oxygen atoms in total. The zero-order chi connectivity index (χ0) is 22.4. The number of para-hydroxylation sites is 1. The maximum atomic E-state index is 12.3. The van der Waals surface area contributed by atoms with Crippen LogP contribution in [0.4, 0.5) is 5.69 Å². The Hall–Kier alpha value is -4.25. The van der Waals surface area contributed by atoms with E-state index in [0.29, 0.717) is 5.56 Å². The number of carbonyl (C=O) groups is 1. The Morgan fingerprint density at radius 1 is 1.06 bits per heavy atom. The molecule has 158 valence electrons. The summed E-state index contributed by atoms with van der Waals surface area (Å²) in [6, 6.07) is 16.2. The van der Waals surface area contributed by atoms with Gasteiger partial charge < -0.3 is 9.29 Å². The van der Waals surface area contributed by atoms with Crippen molar-refractivity contribution in [3.05, 3.63) is 94.0 Å². The fourth-order valence-electron chi connectivity index (χ4n) is 2.43. The molecule has 0 heterocycles. The maximum Gasteiger partial charge on any atom is 0.339 e. The number of nitro benzene ring substituents is 1. The monoisotopic (exact) mass is 441 g/mol. The minimum atomic E-state index is -4.26. The molecule has 0 spiro atoms. The van der Waals surface area contributed by atoms with Crippen LogP contribution in [-0.4, -0.2) is 30.6 Å². The van der Waals surface area contributed by atoms with Crippen molar-refractivity contribution in [1.29, 1.82) is 0 Å². The molecule has 0 bridgehead atoms. The minimum Gasteiger partial charge on any atom is -0.507 e. The zero-order valence-corrected chi connectivity index (χ0v) is 16.5. The lowest BCUT2D eigenvalue weighted by Crippen LogP contribution is -2.17. The summed E-state index contributed by atoms with van der Waals surface area (Å²) in [4.78, 5) is 21.7. The second-order valence-corrected chi connectivity index (χ2v) is 7.62. The van der Waals surface area contributed by atoms with Crippen molar-refractivity contribution in [2.24, 2.45) is 5.10 Å². The molecule has 3 aromatic rings. The molecule has 1 amide bonds. The van der Waals surface area contributed by atoms with E-state index in [1.165, 1.54) is 60.8 Å². The summed E-state index contributed by atoms with van der Waals surface area (Å²) in [5.41, 5.74) is 2.48. The molecule has 0 aliphatic heterocycles. The number of non-ortho nitro benzene ring substituents is 1. The quantitative estimate of drug-likeness (QED) is 0.248. The molecule has 3 rings (SSSR count). The number of carbonyl (C=O) groups excluding carboxylic acids is 1. The maximum absolute atomic E-state index is 12.3. The van der Waals surface area contributed by atoms with Gasteiger partial charge in [-0.2, -0.15) is 13.5 Å². The van der Waals surface area contributed by atoms with Crippen molar-refractivity contribution >= 4 is 27.9 Å². The molecule has 0 aliphatic rings. The topological polar surface area (TPSA) is 148 Å². The van der Waals surface area contributed by atoms with E-state index in [1.54, 1.807) is 12.1 Å². The van der Waals surface area contributed by atoms with Gasteiger partial charge in [-0.05, 0) is 48.0 Å². The molecular weight excluding hydrogens is 426 g/mol. The fourth-order valence-corrected chi connectivity index (χ4v) is 3.40. The Bertz CT molecular complexity index is 1260. The van der Waals surface area contributed by atoms with Crippen LogP contribution in [0.1, 0.15) is 15.9 Å². The second kappa shape index (κ2) is 9.05. The van der Waals surface area contributed by atoms with Crippen molar-refractivity contribution < 1.29 is 27.4 Å². The number of hydrazone groups is 1. The largest absolute Gasteiger partial charge is 0.507 e. The normalized spacial score (nSPS) is 11.2. The summed E-state index contributed by atoms with van der Waals surface area (Å²) in [7, 11) is -4.26. The standard InChI is InChI=1S/C20H15N3O7S/c24-19-7-2-1-6-18(19)20(25)22-21-13-14-8-10-16(11-9-14)30-31(28,29)17-5-3-4-15(12-17)23(26)27/h1-13,24H,(H,22,25)/b21-13+. The molecule has 0 unspecified atom stereocenters. The molecule has 0 radical (unpaired) electrons. The number of nitro groups is 1. The zero-order valence-electron chi connectivity index (χ0n) is 15.7. The lowest BCUT2D eigenvalue weighted by Gasteiger charge is -2.07. The van der Waals surface area contributed by atoms with Gasteiger partial charge in [0.25, 0.3) is 11.6 Å². The highest BCUT2D eigenvalue weighted by molar-refractivity contribution is 7.87. The highest BCUT2D eigenvalue weighted by atomic mass is 32.2. The van der Waals surface area contributed by atoms with E-state index >= 15 is 0 Å². The Kier molecular flexibility index (Phi) is 6.26. The van der Waals surface area contributed by atoms with Crippen LogP contribution in [0.5, 0.6) is 11.5 Å². The van der Waals surface area contributed by atoms with E-state index in [0.717, 1.165) is 6.07 Å². The number of nitrogens with zero attached hydrogens (tertiary/aromatic N) is 2. The average Bonchev–Trinajstić information content (AvgIpc) is 2.75. The van der Waals surface area contributed by atoms with Gasteiger partial charge in [0.1, 0.15) is 16.4 Å². The molecule has 0 aliphatic carbocycles. The van der Waals surface area contributed by atoms with E-state index < -0.39 is 20.9 Å². The van der Waals surface area contributed by atoms with Crippen LogP contribution >= 0.6 is 0 Å². The van der Waals surface area contributed by atoms with Gasteiger partial charge in [-0.1, -0.05) is 18.2 Å². The third-order valence-electron chi connectivity index (χ3n) is 3.93. The van der Waals surface area contributed by atoms with Gasteiger partial charge in [-0.15, -0.1) is 0 Å². The predicted octanol–water partition coefficient (Wildman–Crippen LogP) is 2.83. The SMILES string of the molecule is O=C(N/N=C/c1ccc(OS(=O)(=O)c2cccc([N+](=O)[O-])c2)cc1)c1ccccc1O. The minimum absolute atomic E-state index is 0.0121. The number of hydrogen-bond donors (Lipinski definition) is 2. The predicted molar refractivity (Wildman–Crippen MR) is 111 cm³/mol. The van der Waals surface area contributed by atoms with E-state index in [2.05, 4.69) is 10.5 Å². The Labute approximate surface area is 176 Å². The van der Waals surface area contributed by atoms with Crippen LogP contribution in [0, 0.1) is 10.1 Å². The molecule has 31 heavy (non-hydrogen) atoms. The summed E-state index contributed by atoms with van der Waals surface area (Å²) in [5.74, 6) is -0.791. The van der Waals surface area contributed by atoms with Crippen LogP contribution < -0.4 is 9.61 Å². The molecule has 11 heteroatoms. The van der Waals surface area contributed by atoms with Crippen LogP contribution in [0.25, 0.3) is 0 Å². The summed E-state index contributed by atoms with van der Waals surface area (Å²) in [5, 5.41) is 24.2. The van der Waals surface area contributed by atoms with Crippen LogP contribution in [-0.2, 0) is 10.1 Å². The highest BCUT2D eigenvalue weighted by Crippen LogP contribution is 2.22. The number of rotatable bonds is 7. The van der Waals surface area contributed by atoms with Crippen molar-refractivity contribution in [1.82, 2.24) is 5.43 Å². The number of benzene rings is 3. The molecule has 0 fully saturated rings. The lowest BCUT2D eigenvalue weighted by atomic mass is 10.2. The summed E-state index contributed by atoms with van der Waals surface area (Å²) >= 11 is 0. The number of hydrogen-bond acceptors (Lipinski definition) is 8. The Morgan fingerprint density at radius 2 is 1.77 bits per heavy atom. The first kappa shape index (κ1) is 21.5. The number of phenolic OH excluding ortho intramolecular Hbond substituents is 1. The molecule has 0 atom stereocenters. The summed E-state index contributed by atoms with van der Waals surface area (Å²) < 4.78 is 29.7. The van der Waals surface area contributed by atoms with Crippen LogP contribution in [0.2, 0.25) is 0 Å². The molecule has 0 saturated carbocycles. The van der Waals surface area contributed by atoms with Gasteiger partial charge in [0.15, 0.2) is 0 Å². The van der Waals surface area contributed by atoms with E-state index in [9.17, 15) is 28.4 Å². The second-order valence-electron chi connectivity index (χ2n) is 6.08. The van der Waals surface area contributed by atoms with Crippen molar-refractivity contribution in [2.45, 2.75) is 4.90 Å². The first-order valence-electron chi connectivity index (χ1n) is 8.67. The fraction of sp³-hybridized carbons (Fsp3) is 0. The highest BCUT2D eigenvalue weighted by Gasteiger charge is 2.19. The molecule has 3 aromatic carbocycles. The van der Waals surface area contributed by atoms with Gasteiger partial charge in [0.05, 0.1) is 16.7 Å². The number of aromatic hydroxyl groups is 1. The molecule has 2 N–H and O–H groups in total. The smallest absolute Gasteiger partial charge is 0.339 e. The van der Waals surface area contributed by atoms with Crippen molar-refractivity contribution in [2.75, 3.05) is 0 Å². The third kappa shape index (κ3) is 5.42. The van der Waals surface area contributed by atoms with Gasteiger partial charge in [-0.25, -0.2) is 5.43 Å². The third-order valence-corrected chi connectivity index (χ3v) is 5.17. The average molecular weight is 441 g/mol. The summed E-state index contributed by atoms with van der Waals surface area (Å²) in [6.07, 6.45) is 1.32. The van der Waals surface area contributed by atoms with E-state index in [-0.39, 0.29) is 27.6 Å². The van der Waals surface area contributed by atoms with Crippen LogP contribution in [0.3, 0.4) is 0 Å². The van der Waals surface area contributed by atoms with Gasteiger partial charge in [0.2, 0.25) is 0 Å². The van der Waals surface area contributed by atoms with Crippen LogP contribution in [0.15, 0.2) is 82.8 Å². The first-order valence-corrected chi connectivity index (χ1v) is 10.1. The van der Waals surface area contributed by atoms with Gasteiger partial charge >= 0.3 is 10.1 Å². The molecule has 0 saturated heterocycles. The molecule has 0 aromatic heterocycles. The number of amides is 1. The van der Waals surface area contributed by atoms with Crippen molar-refractivity contribution in [3.63, 3.8) is 0 Å². The number of phenols is 1. The summed E-state index contributed by atoms with van der Waals surface area (Å²) in [6.45, 7) is 0. The Balaban J connectivity index is 1.65. The first-order chi connectivity index (χ1) is 14.8. The molecular formula is C20H15N3O7S. The van der Waals surface area contributed by atoms with E-state index in [4.69, 9.17) is 4.18 Å². The van der Waals surface area contributed by atoms with Gasteiger partial charge in [-0.3, -0.25) is 14.9 Å².